The number of hydrogen-bond donors (Lipinski definition) is 1. The Morgan fingerprint density at radius 2 is 1.79 bits per heavy atom. The zero-order valence-corrected chi connectivity index (χ0v) is 25.0. The monoisotopic (exact) mass is 569 g/mol. The Labute approximate surface area is 247 Å². The summed E-state index contributed by atoms with van der Waals surface area (Å²) in [5.41, 5.74) is 7.63. The summed E-state index contributed by atoms with van der Waals surface area (Å²) in [7, 11) is 0. The van der Waals surface area contributed by atoms with Crippen molar-refractivity contribution in [3.63, 3.8) is 0 Å². The molecule has 4 aromatic rings. The van der Waals surface area contributed by atoms with Crippen molar-refractivity contribution >= 4 is 12.1 Å². The lowest BCUT2D eigenvalue weighted by molar-refractivity contribution is 0.0923. The lowest BCUT2D eigenvalue weighted by atomic mass is 10.1. The van der Waals surface area contributed by atoms with Crippen molar-refractivity contribution < 1.29 is 23.4 Å². The van der Waals surface area contributed by atoms with E-state index in [1.165, 1.54) is 11.4 Å². The van der Waals surface area contributed by atoms with Gasteiger partial charge in [-0.2, -0.15) is 5.10 Å². The molecule has 8 heteroatoms. The van der Waals surface area contributed by atoms with Crippen molar-refractivity contribution in [2.45, 2.75) is 60.2 Å². The van der Waals surface area contributed by atoms with E-state index in [4.69, 9.17) is 18.6 Å². The van der Waals surface area contributed by atoms with Crippen LogP contribution in [0.1, 0.15) is 66.0 Å². The van der Waals surface area contributed by atoms with E-state index in [-0.39, 0.29) is 18.5 Å². The van der Waals surface area contributed by atoms with E-state index in [9.17, 15) is 4.79 Å². The van der Waals surface area contributed by atoms with Crippen molar-refractivity contribution in [3.05, 3.63) is 107 Å². The van der Waals surface area contributed by atoms with E-state index in [0.29, 0.717) is 36.0 Å². The van der Waals surface area contributed by atoms with Crippen molar-refractivity contribution in [2.24, 2.45) is 5.10 Å². The lowest BCUT2D eigenvalue weighted by Crippen LogP contribution is -2.17. The molecular formula is C34H39N3O5. The Hall–Kier alpha value is -4.72. The molecule has 2 aromatic carbocycles. The standard InChI is InChI=1S/C34H39N3O5/c1-7-10-27-19-26(20-32(39-9-3)33(27)41-25(6)8-2)21-35-36-34(38)31-18-17-30(42-31)22-40-29-15-13-28(14-16-29)37-23(4)11-12-24(37)5/h7,11-21,25H,1,8-10,22H2,2-6H3,(H,36,38)/b35-21+/t25-/m0/s1. The summed E-state index contributed by atoms with van der Waals surface area (Å²) in [5, 5.41) is 4.13. The second-order valence-corrected chi connectivity index (χ2v) is 9.97. The molecule has 2 heterocycles. The largest absolute Gasteiger partial charge is 0.490 e. The zero-order valence-electron chi connectivity index (χ0n) is 25.0. The molecule has 220 valence electrons. The number of furan rings is 1. The molecule has 0 spiro atoms. The maximum atomic E-state index is 12.7. The SMILES string of the molecule is C=CCc1cc(/C=N/NC(=O)c2ccc(COc3ccc(-n4c(C)ccc4C)cc3)o2)cc(OCC)c1O[C@@H](C)CC. The molecule has 1 amide bonds. The number of nitrogens with zero attached hydrogens (tertiary/aromatic N) is 2. The first-order valence-electron chi connectivity index (χ1n) is 14.2. The van der Waals surface area contributed by atoms with Gasteiger partial charge in [-0.05, 0) is 107 Å². The van der Waals surface area contributed by atoms with Gasteiger partial charge >= 0.3 is 5.91 Å². The van der Waals surface area contributed by atoms with Crippen LogP contribution in [-0.4, -0.2) is 29.4 Å². The number of carbonyl (C=O) groups excluding carboxylic acids is 1. The van der Waals surface area contributed by atoms with Crippen molar-refractivity contribution in [3.8, 4) is 22.9 Å². The van der Waals surface area contributed by atoms with Gasteiger partial charge in [-0.1, -0.05) is 13.0 Å². The van der Waals surface area contributed by atoms with Gasteiger partial charge < -0.3 is 23.2 Å². The van der Waals surface area contributed by atoms with Crippen LogP contribution in [0.25, 0.3) is 5.69 Å². The molecule has 0 unspecified atom stereocenters. The van der Waals surface area contributed by atoms with Crippen LogP contribution in [0.15, 0.2) is 82.8 Å². The van der Waals surface area contributed by atoms with Gasteiger partial charge in [-0.15, -0.1) is 6.58 Å². The smallest absolute Gasteiger partial charge is 0.307 e. The van der Waals surface area contributed by atoms with Crippen LogP contribution in [0, 0.1) is 13.8 Å². The Bertz CT molecular complexity index is 1510. The maximum Gasteiger partial charge on any atom is 0.307 e. The van der Waals surface area contributed by atoms with Gasteiger partial charge in [0.2, 0.25) is 0 Å². The predicted molar refractivity (Wildman–Crippen MR) is 165 cm³/mol. The van der Waals surface area contributed by atoms with E-state index in [1.54, 1.807) is 18.3 Å². The average molecular weight is 570 g/mol. The number of aryl methyl sites for hydroxylation is 2. The number of hydrogen-bond acceptors (Lipinski definition) is 6. The highest BCUT2D eigenvalue weighted by molar-refractivity contribution is 5.92. The molecular weight excluding hydrogens is 530 g/mol. The fourth-order valence-electron chi connectivity index (χ4n) is 4.47. The highest BCUT2D eigenvalue weighted by Crippen LogP contribution is 2.34. The van der Waals surface area contributed by atoms with Gasteiger partial charge in [0.15, 0.2) is 17.3 Å². The summed E-state index contributed by atoms with van der Waals surface area (Å²) >= 11 is 0. The lowest BCUT2D eigenvalue weighted by Gasteiger charge is -2.20. The average Bonchev–Trinajstić information content (AvgIpc) is 3.60. The molecule has 2 aromatic heterocycles. The van der Waals surface area contributed by atoms with Gasteiger partial charge in [0.05, 0.1) is 18.9 Å². The van der Waals surface area contributed by atoms with Crippen LogP contribution in [0.4, 0.5) is 0 Å². The normalized spacial score (nSPS) is 11.8. The molecule has 0 saturated carbocycles. The molecule has 1 N–H and O–H groups in total. The van der Waals surface area contributed by atoms with Crippen LogP contribution in [0.3, 0.4) is 0 Å². The number of nitrogens with one attached hydrogen (secondary N) is 1. The second-order valence-electron chi connectivity index (χ2n) is 9.97. The van der Waals surface area contributed by atoms with E-state index < -0.39 is 5.91 Å². The van der Waals surface area contributed by atoms with E-state index in [1.807, 2.05) is 56.3 Å². The number of ether oxygens (including phenoxy) is 3. The van der Waals surface area contributed by atoms with Crippen LogP contribution in [0.5, 0.6) is 17.2 Å². The molecule has 0 aliphatic carbocycles. The summed E-state index contributed by atoms with van der Waals surface area (Å²) in [6.45, 7) is 14.7. The number of rotatable bonds is 14. The van der Waals surface area contributed by atoms with Gasteiger partial charge in [0.1, 0.15) is 18.1 Å². The summed E-state index contributed by atoms with van der Waals surface area (Å²) in [6.07, 6.45) is 4.90. The Balaban J connectivity index is 1.37. The number of amides is 1. The first-order chi connectivity index (χ1) is 20.3. The first kappa shape index (κ1) is 30.2. The van der Waals surface area contributed by atoms with Crippen LogP contribution >= 0.6 is 0 Å². The Morgan fingerprint density at radius 1 is 1.05 bits per heavy atom. The van der Waals surface area contributed by atoms with Crippen LogP contribution < -0.4 is 19.6 Å². The fraction of sp³-hybridized carbons (Fsp3) is 0.294. The van der Waals surface area contributed by atoms with Gasteiger partial charge in [0, 0.05) is 22.6 Å². The van der Waals surface area contributed by atoms with Crippen molar-refractivity contribution in [1.29, 1.82) is 0 Å². The molecule has 0 aliphatic rings. The molecule has 8 nitrogen and oxygen atoms in total. The summed E-state index contributed by atoms with van der Waals surface area (Å²) in [6, 6.07) is 19.2. The van der Waals surface area contributed by atoms with Gasteiger partial charge in [-0.3, -0.25) is 4.79 Å². The van der Waals surface area contributed by atoms with E-state index in [0.717, 1.165) is 23.2 Å². The molecule has 4 rings (SSSR count). The minimum Gasteiger partial charge on any atom is -0.490 e. The molecule has 0 saturated heterocycles. The van der Waals surface area contributed by atoms with Crippen molar-refractivity contribution in [2.75, 3.05) is 6.61 Å². The third-order valence-electron chi connectivity index (χ3n) is 6.72. The van der Waals surface area contributed by atoms with Crippen molar-refractivity contribution in [1.82, 2.24) is 9.99 Å². The Morgan fingerprint density at radius 3 is 2.45 bits per heavy atom. The zero-order chi connectivity index (χ0) is 30.1. The van der Waals surface area contributed by atoms with Crippen LogP contribution in [0.2, 0.25) is 0 Å². The molecule has 42 heavy (non-hydrogen) atoms. The number of carbonyl (C=O) groups is 1. The highest BCUT2D eigenvalue weighted by atomic mass is 16.5. The minimum absolute atomic E-state index is 0.0412. The molecule has 0 bridgehead atoms. The number of hydrazone groups is 1. The summed E-state index contributed by atoms with van der Waals surface area (Å²) in [5.74, 6) is 2.24. The molecule has 0 fully saturated rings. The van der Waals surface area contributed by atoms with Crippen LogP contribution in [-0.2, 0) is 13.0 Å². The Kier molecular flexibility index (Phi) is 10.3. The first-order valence-corrected chi connectivity index (χ1v) is 14.2. The number of allylic oxidation sites excluding steroid dienone is 1. The highest BCUT2D eigenvalue weighted by Gasteiger charge is 2.16. The van der Waals surface area contributed by atoms with Gasteiger partial charge in [0.25, 0.3) is 0 Å². The molecule has 0 radical (unpaired) electrons. The third-order valence-corrected chi connectivity index (χ3v) is 6.72. The molecule has 1 atom stereocenters. The quantitative estimate of drug-likeness (QED) is 0.0976. The molecule has 0 aliphatic heterocycles. The maximum absolute atomic E-state index is 12.7. The second kappa shape index (κ2) is 14.3. The number of aromatic nitrogens is 1. The van der Waals surface area contributed by atoms with E-state index >= 15 is 0 Å². The topological polar surface area (TPSA) is 87.2 Å². The third kappa shape index (κ3) is 7.51. The number of benzene rings is 2. The minimum atomic E-state index is -0.465. The van der Waals surface area contributed by atoms with E-state index in [2.05, 4.69) is 54.6 Å². The summed E-state index contributed by atoms with van der Waals surface area (Å²) in [4.78, 5) is 12.7. The van der Waals surface area contributed by atoms with Gasteiger partial charge in [-0.25, -0.2) is 5.43 Å². The summed E-state index contributed by atoms with van der Waals surface area (Å²) < 4.78 is 25.7. The predicted octanol–water partition coefficient (Wildman–Crippen LogP) is 7.33. The fourth-order valence-corrected chi connectivity index (χ4v) is 4.47.